The molecule has 0 saturated heterocycles. The quantitative estimate of drug-likeness (QED) is 0.540. The summed E-state index contributed by atoms with van der Waals surface area (Å²) in [4.78, 5) is 17.5. The van der Waals surface area contributed by atoms with E-state index in [9.17, 15) is 10.1 Å². The van der Waals surface area contributed by atoms with E-state index in [0.717, 1.165) is 11.0 Å². The van der Waals surface area contributed by atoms with Crippen LogP contribution in [-0.4, -0.2) is 14.9 Å². The molecule has 0 aliphatic heterocycles. The van der Waals surface area contributed by atoms with E-state index in [1.807, 2.05) is 24.3 Å². The van der Waals surface area contributed by atoms with Gasteiger partial charge < -0.3 is 9.40 Å². The summed E-state index contributed by atoms with van der Waals surface area (Å²) in [5.41, 5.74) is 1.46. The fourth-order valence-corrected chi connectivity index (χ4v) is 1.68. The van der Waals surface area contributed by atoms with Crippen LogP contribution in [0.4, 0.5) is 5.69 Å². The molecule has 2 heterocycles. The highest BCUT2D eigenvalue weighted by molar-refractivity contribution is 5.79. The van der Waals surface area contributed by atoms with Crippen LogP contribution in [0.3, 0.4) is 0 Å². The van der Waals surface area contributed by atoms with Gasteiger partial charge in [-0.05, 0) is 12.1 Å². The van der Waals surface area contributed by atoms with Crippen molar-refractivity contribution in [3.63, 3.8) is 0 Å². The lowest BCUT2D eigenvalue weighted by Gasteiger charge is -1.90. The molecule has 0 fully saturated rings. The number of hydrogen-bond donors (Lipinski definition) is 1. The SMILES string of the molecule is O=[N+]([O-])c1ccoc1-c1nc2ccccc2[nH]1. The Bertz CT molecular complexity index is 666. The summed E-state index contributed by atoms with van der Waals surface area (Å²) in [6.07, 6.45) is 1.28. The van der Waals surface area contributed by atoms with Crippen LogP contribution in [0, 0.1) is 10.1 Å². The van der Waals surface area contributed by atoms with Crippen molar-refractivity contribution in [3.05, 3.63) is 46.7 Å². The lowest BCUT2D eigenvalue weighted by Crippen LogP contribution is -1.88. The Morgan fingerprint density at radius 3 is 2.88 bits per heavy atom. The third kappa shape index (κ3) is 1.46. The Labute approximate surface area is 95.0 Å². The molecule has 0 aliphatic rings. The molecular formula is C11H7N3O3. The number of nitro groups is 1. The summed E-state index contributed by atoms with van der Waals surface area (Å²) in [5, 5.41) is 10.8. The first-order chi connectivity index (χ1) is 8.25. The van der Waals surface area contributed by atoms with Gasteiger partial charge in [-0.25, -0.2) is 4.98 Å². The number of imidazole rings is 1. The van der Waals surface area contributed by atoms with Crippen LogP contribution in [0.5, 0.6) is 0 Å². The largest absolute Gasteiger partial charge is 0.454 e. The molecule has 84 valence electrons. The maximum atomic E-state index is 10.8. The standard InChI is InChI=1S/C11H7N3O3/c15-14(16)9-5-6-17-10(9)11-12-7-3-1-2-4-8(7)13-11/h1-6H,(H,12,13). The van der Waals surface area contributed by atoms with E-state index in [2.05, 4.69) is 9.97 Å². The average molecular weight is 229 g/mol. The second-order valence-corrected chi connectivity index (χ2v) is 3.49. The number of benzene rings is 1. The summed E-state index contributed by atoms with van der Waals surface area (Å²) in [6.45, 7) is 0. The van der Waals surface area contributed by atoms with E-state index in [0.29, 0.717) is 5.82 Å². The molecule has 3 aromatic rings. The first-order valence-electron chi connectivity index (χ1n) is 4.93. The zero-order valence-corrected chi connectivity index (χ0v) is 8.58. The van der Waals surface area contributed by atoms with Crippen LogP contribution in [0.2, 0.25) is 0 Å². The number of para-hydroxylation sites is 2. The van der Waals surface area contributed by atoms with Crippen molar-refractivity contribution < 1.29 is 9.34 Å². The van der Waals surface area contributed by atoms with Crippen LogP contribution in [0.1, 0.15) is 0 Å². The van der Waals surface area contributed by atoms with Gasteiger partial charge in [0.15, 0.2) is 5.82 Å². The maximum Gasteiger partial charge on any atom is 0.318 e. The van der Waals surface area contributed by atoms with E-state index in [4.69, 9.17) is 4.42 Å². The number of aromatic nitrogens is 2. The molecular weight excluding hydrogens is 222 g/mol. The van der Waals surface area contributed by atoms with Crippen LogP contribution in [0.25, 0.3) is 22.6 Å². The highest BCUT2D eigenvalue weighted by Crippen LogP contribution is 2.29. The minimum Gasteiger partial charge on any atom is -0.454 e. The van der Waals surface area contributed by atoms with Gasteiger partial charge in [-0.2, -0.15) is 0 Å². The Kier molecular flexibility index (Phi) is 1.94. The van der Waals surface area contributed by atoms with Crippen molar-refractivity contribution in [2.45, 2.75) is 0 Å². The molecule has 0 saturated carbocycles. The molecule has 3 rings (SSSR count). The highest BCUT2D eigenvalue weighted by atomic mass is 16.6. The lowest BCUT2D eigenvalue weighted by atomic mass is 10.3. The molecule has 0 atom stereocenters. The minimum atomic E-state index is -0.494. The molecule has 0 aliphatic carbocycles. The molecule has 0 spiro atoms. The van der Waals surface area contributed by atoms with Crippen LogP contribution < -0.4 is 0 Å². The van der Waals surface area contributed by atoms with Crippen molar-refractivity contribution in [3.8, 4) is 11.6 Å². The van der Waals surface area contributed by atoms with E-state index >= 15 is 0 Å². The number of aromatic amines is 1. The number of nitrogens with one attached hydrogen (secondary N) is 1. The van der Waals surface area contributed by atoms with Crippen LogP contribution in [-0.2, 0) is 0 Å². The summed E-state index contributed by atoms with van der Waals surface area (Å²) in [6, 6.07) is 8.69. The number of furan rings is 1. The molecule has 6 nitrogen and oxygen atoms in total. The monoisotopic (exact) mass is 229 g/mol. The highest BCUT2D eigenvalue weighted by Gasteiger charge is 2.21. The Balaban J connectivity index is 2.20. The normalized spacial score (nSPS) is 10.8. The molecule has 1 aromatic carbocycles. The van der Waals surface area contributed by atoms with Gasteiger partial charge in [0, 0.05) is 0 Å². The third-order valence-corrected chi connectivity index (χ3v) is 2.45. The number of fused-ring (bicyclic) bond motifs is 1. The molecule has 1 N–H and O–H groups in total. The van der Waals surface area contributed by atoms with Gasteiger partial charge in [0.05, 0.1) is 28.3 Å². The molecule has 2 aromatic heterocycles. The van der Waals surface area contributed by atoms with Gasteiger partial charge in [0.2, 0.25) is 5.76 Å². The lowest BCUT2D eigenvalue weighted by molar-refractivity contribution is -0.384. The average Bonchev–Trinajstić information content (AvgIpc) is 2.95. The summed E-state index contributed by atoms with van der Waals surface area (Å²) >= 11 is 0. The molecule has 0 radical (unpaired) electrons. The van der Waals surface area contributed by atoms with Crippen molar-refractivity contribution in [1.29, 1.82) is 0 Å². The predicted octanol–water partition coefficient (Wildman–Crippen LogP) is 2.73. The molecule has 6 heteroatoms. The fourth-order valence-electron chi connectivity index (χ4n) is 1.68. The zero-order valence-electron chi connectivity index (χ0n) is 8.58. The zero-order chi connectivity index (χ0) is 11.8. The topological polar surface area (TPSA) is 85.0 Å². The van der Waals surface area contributed by atoms with Gasteiger partial charge in [-0.3, -0.25) is 10.1 Å². The van der Waals surface area contributed by atoms with Gasteiger partial charge >= 0.3 is 5.69 Å². The minimum absolute atomic E-state index is 0.0935. The van der Waals surface area contributed by atoms with E-state index in [-0.39, 0.29) is 11.4 Å². The van der Waals surface area contributed by atoms with E-state index < -0.39 is 4.92 Å². The van der Waals surface area contributed by atoms with Crippen LogP contribution >= 0.6 is 0 Å². The van der Waals surface area contributed by atoms with Gasteiger partial charge in [-0.1, -0.05) is 12.1 Å². The third-order valence-electron chi connectivity index (χ3n) is 2.45. The smallest absolute Gasteiger partial charge is 0.318 e. The maximum absolute atomic E-state index is 10.8. The van der Waals surface area contributed by atoms with Gasteiger partial charge in [-0.15, -0.1) is 0 Å². The Hall–Kier alpha value is -2.63. The Morgan fingerprint density at radius 1 is 1.29 bits per heavy atom. The molecule has 0 unspecified atom stereocenters. The second kappa shape index (κ2) is 3.44. The number of H-pyrrole nitrogens is 1. The van der Waals surface area contributed by atoms with Gasteiger partial charge in [0.1, 0.15) is 0 Å². The first kappa shape index (κ1) is 9.59. The van der Waals surface area contributed by atoms with Crippen molar-refractivity contribution in [2.75, 3.05) is 0 Å². The van der Waals surface area contributed by atoms with Crippen molar-refractivity contribution in [1.82, 2.24) is 9.97 Å². The van der Waals surface area contributed by atoms with E-state index in [1.54, 1.807) is 0 Å². The molecule has 0 amide bonds. The second-order valence-electron chi connectivity index (χ2n) is 3.49. The summed E-state index contributed by atoms with van der Waals surface area (Å²) < 4.78 is 5.11. The summed E-state index contributed by atoms with van der Waals surface area (Å²) in [7, 11) is 0. The number of hydrogen-bond acceptors (Lipinski definition) is 4. The van der Waals surface area contributed by atoms with Gasteiger partial charge in [0.25, 0.3) is 0 Å². The number of rotatable bonds is 2. The summed E-state index contributed by atoms with van der Waals surface area (Å²) in [5.74, 6) is 0.508. The Morgan fingerprint density at radius 2 is 2.12 bits per heavy atom. The van der Waals surface area contributed by atoms with Crippen molar-refractivity contribution in [2.24, 2.45) is 0 Å². The fraction of sp³-hybridized carbons (Fsp3) is 0. The molecule has 0 bridgehead atoms. The molecule has 17 heavy (non-hydrogen) atoms. The number of nitrogens with zero attached hydrogens (tertiary/aromatic N) is 2. The van der Waals surface area contributed by atoms with E-state index in [1.165, 1.54) is 12.3 Å². The predicted molar refractivity (Wildman–Crippen MR) is 60.5 cm³/mol. The first-order valence-corrected chi connectivity index (χ1v) is 4.93. The van der Waals surface area contributed by atoms with Crippen LogP contribution in [0.15, 0.2) is 41.0 Å². The van der Waals surface area contributed by atoms with Crippen molar-refractivity contribution >= 4 is 16.7 Å².